The third-order valence-corrected chi connectivity index (χ3v) is 10.1. The normalized spacial score (nSPS) is 11.3. The second-order valence-corrected chi connectivity index (χ2v) is 14.9. The van der Waals surface area contributed by atoms with Gasteiger partial charge in [-0.1, -0.05) is 162 Å². The maximum absolute atomic E-state index is 12.7. The maximum Gasteiger partial charge on any atom is 0.306 e. The number of nitrogens with zero attached hydrogens (tertiary/aromatic N) is 1. The van der Waals surface area contributed by atoms with Gasteiger partial charge in [-0.15, -0.1) is 6.54 Å². The Morgan fingerprint density at radius 1 is 0.480 bits per heavy atom. The molecule has 0 atom stereocenters. The van der Waals surface area contributed by atoms with Gasteiger partial charge in [0.25, 0.3) is 0 Å². The summed E-state index contributed by atoms with van der Waals surface area (Å²) in [7, 11) is 0. The second kappa shape index (κ2) is 43.0. The predicted octanol–water partition coefficient (Wildman–Crippen LogP) is 13.5. The van der Waals surface area contributed by atoms with Crippen LogP contribution in [0.3, 0.4) is 0 Å². The largest absolute Gasteiger partial charge is 0.466 e. The molecule has 0 N–H and O–H groups in total. The van der Waals surface area contributed by atoms with E-state index in [1.807, 2.05) is 0 Å². The molecule has 5 nitrogen and oxygen atoms in total. The molecule has 50 heavy (non-hydrogen) atoms. The minimum atomic E-state index is -0.0250. The smallest absolute Gasteiger partial charge is 0.306 e. The third-order valence-electron chi connectivity index (χ3n) is 10.1. The molecule has 0 rings (SSSR count). The molecule has 6 heteroatoms. The van der Waals surface area contributed by atoms with E-state index in [9.17, 15) is 9.59 Å². The molecule has 0 radical (unpaired) electrons. The van der Waals surface area contributed by atoms with Crippen LogP contribution in [0, 0.1) is 6.92 Å². The van der Waals surface area contributed by atoms with Crippen molar-refractivity contribution in [1.29, 1.82) is 0 Å². The Kier molecular flexibility index (Phi) is 44.5. The van der Waals surface area contributed by atoms with Crippen molar-refractivity contribution >= 4 is 11.9 Å². The third kappa shape index (κ3) is 38.8. The van der Waals surface area contributed by atoms with Gasteiger partial charge in [0.15, 0.2) is 0 Å². The number of hydrogen-bond acceptors (Lipinski definition) is 5. The summed E-state index contributed by atoms with van der Waals surface area (Å²) in [5.74, 6) is 0.000237. The minimum absolute atomic E-state index is 0. The quantitative estimate of drug-likeness (QED) is 0.0268. The van der Waals surface area contributed by atoms with Crippen molar-refractivity contribution in [3.8, 4) is 0 Å². The summed E-state index contributed by atoms with van der Waals surface area (Å²) in [5.41, 5.74) is 0. The summed E-state index contributed by atoms with van der Waals surface area (Å²) in [4.78, 5) is 27.1. The average Bonchev–Trinajstić information content (AvgIpc) is 3.10. The Hall–Kier alpha value is -0.412. The summed E-state index contributed by atoms with van der Waals surface area (Å²) in [6, 6.07) is 0. The van der Waals surface area contributed by atoms with Gasteiger partial charge in [-0.3, -0.25) is 9.59 Å². The first-order valence-corrected chi connectivity index (χ1v) is 21.9. The molecule has 0 heterocycles. The Balaban J connectivity index is 0. The SMILES string of the molecule is [CH2-]CN(CCCCCCCC(=O)OC(CCCCCCCC)CCCCCCCC)CCCCCC(=O)OCCCCCCCCCCC.[Mo]. The van der Waals surface area contributed by atoms with E-state index < -0.39 is 0 Å². The summed E-state index contributed by atoms with van der Waals surface area (Å²) >= 11 is 0. The first-order chi connectivity index (χ1) is 24.1. The van der Waals surface area contributed by atoms with E-state index in [0.29, 0.717) is 19.4 Å². The summed E-state index contributed by atoms with van der Waals surface area (Å²) in [6.45, 7) is 14.5. The molecule has 0 aliphatic carbocycles. The van der Waals surface area contributed by atoms with Crippen LogP contribution in [0.1, 0.15) is 233 Å². The van der Waals surface area contributed by atoms with Crippen LogP contribution in [-0.4, -0.2) is 49.2 Å². The Bertz CT molecular complexity index is 675. The van der Waals surface area contributed by atoms with Crippen LogP contribution in [0.15, 0.2) is 0 Å². The maximum atomic E-state index is 12.7. The number of ether oxygens (including phenoxy) is 2. The summed E-state index contributed by atoms with van der Waals surface area (Å²) in [6.07, 6.45) is 39.1. The number of hydrogen-bond donors (Lipinski definition) is 0. The minimum Gasteiger partial charge on any atom is -0.466 e. The van der Waals surface area contributed by atoms with Crippen LogP contribution >= 0.6 is 0 Å². The van der Waals surface area contributed by atoms with Gasteiger partial charge in [0.2, 0.25) is 0 Å². The fourth-order valence-corrected chi connectivity index (χ4v) is 6.73. The molecule has 0 fully saturated rings. The molecule has 0 aromatic rings. The monoisotopic (exact) mass is 791 g/mol. The molecule has 0 spiro atoms. The van der Waals surface area contributed by atoms with Gasteiger partial charge >= 0.3 is 11.9 Å². The molecule has 0 aliphatic rings. The zero-order valence-corrected chi connectivity index (χ0v) is 35.9. The van der Waals surface area contributed by atoms with Gasteiger partial charge < -0.3 is 21.3 Å². The molecule has 0 aliphatic heterocycles. The van der Waals surface area contributed by atoms with Gasteiger partial charge in [0.1, 0.15) is 6.10 Å². The zero-order chi connectivity index (χ0) is 35.9. The Labute approximate surface area is 327 Å². The van der Waals surface area contributed by atoms with Crippen LogP contribution in [0.4, 0.5) is 0 Å². The Morgan fingerprint density at radius 3 is 1.30 bits per heavy atom. The van der Waals surface area contributed by atoms with Crippen molar-refractivity contribution in [2.75, 3.05) is 26.2 Å². The van der Waals surface area contributed by atoms with E-state index in [4.69, 9.17) is 9.47 Å². The topological polar surface area (TPSA) is 55.8 Å². The molecule has 0 bridgehead atoms. The van der Waals surface area contributed by atoms with E-state index in [1.165, 1.54) is 148 Å². The van der Waals surface area contributed by atoms with Crippen molar-refractivity contribution in [3.05, 3.63) is 6.92 Å². The fourth-order valence-electron chi connectivity index (χ4n) is 6.73. The molecular formula is C44H86MoNO4-. The standard InChI is InChI=1S/C44H86NO4.Mo/c1-5-9-12-15-18-19-20-26-34-41-48-43(46)37-31-27-33-40-45(8-4)39-32-25-21-24-30-38-44(47)49-42(35-28-22-16-13-10-6-2)36-29-23-17-14-11-7-3;/h42H,4-41H2,1-3H3;/q-1;. The average molecular weight is 789 g/mol. The second-order valence-electron chi connectivity index (χ2n) is 14.9. The van der Waals surface area contributed by atoms with Crippen LogP contribution in [0.2, 0.25) is 0 Å². The molecular weight excluding hydrogens is 702 g/mol. The van der Waals surface area contributed by atoms with Gasteiger partial charge in [0, 0.05) is 33.9 Å². The molecule has 0 saturated heterocycles. The molecule has 298 valence electrons. The molecule has 0 aromatic carbocycles. The number of unbranched alkanes of at least 4 members (excludes halogenated alkanes) is 24. The van der Waals surface area contributed by atoms with Gasteiger partial charge in [-0.05, 0) is 70.9 Å². The number of carbonyl (C=O) groups excluding carboxylic acids is 2. The number of esters is 2. The van der Waals surface area contributed by atoms with Crippen LogP contribution in [0.25, 0.3) is 0 Å². The van der Waals surface area contributed by atoms with Crippen LogP contribution in [0.5, 0.6) is 0 Å². The van der Waals surface area contributed by atoms with E-state index in [0.717, 1.165) is 71.0 Å². The van der Waals surface area contributed by atoms with E-state index in [2.05, 4.69) is 32.6 Å². The number of rotatable bonds is 40. The first-order valence-electron chi connectivity index (χ1n) is 21.9. The van der Waals surface area contributed by atoms with Gasteiger partial charge in [-0.25, -0.2) is 0 Å². The van der Waals surface area contributed by atoms with E-state index >= 15 is 0 Å². The summed E-state index contributed by atoms with van der Waals surface area (Å²) < 4.78 is 11.5. The van der Waals surface area contributed by atoms with Crippen molar-refractivity contribution < 1.29 is 40.1 Å². The molecule has 0 unspecified atom stereocenters. The Morgan fingerprint density at radius 2 is 0.840 bits per heavy atom. The number of carbonyl (C=O) groups is 2. The van der Waals surface area contributed by atoms with Gasteiger partial charge in [0.05, 0.1) is 6.61 Å². The van der Waals surface area contributed by atoms with E-state index in [-0.39, 0.29) is 39.1 Å². The van der Waals surface area contributed by atoms with Gasteiger partial charge in [-0.2, -0.15) is 0 Å². The molecule has 0 saturated carbocycles. The fraction of sp³-hybridized carbons (Fsp3) is 0.932. The van der Waals surface area contributed by atoms with E-state index in [1.54, 1.807) is 0 Å². The van der Waals surface area contributed by atoms with Crippen LogP contribution in [-0.2, 0) is 40.1 Å². The van der Waals surface area contributed by atoms with Crippen molar-refractivity contribution in [1.82, 2.24) is 4.90 Å². The zero-order valence-electron chi connectivity index (χ0n) is 33.9. The van der Waals surface area contributed by atoms with Crippen LogP contribution < -0.4 is 0 Å². The molecule has 0 aromatic heterocycles. The van der Waals surface area contributed by atoms with Crippen molar-refractivity contribution in [3.63, 3.8) is 0 Å². The molecule has 0 amide bonds. The predicted molar refractivity (Wildman–Crippen MR) is 212 cm³/mol. The van der Waals surface area contributed by atoms with Crippen molar-refractivity contribution in [2.45, 2.75) is 239 Å². The summed E-state index contributed by atoms with van der Waals surface area (Å²) in [5, 5.41) is 0. The van der Waals surface area contributed by atoms with Crippen molar-refractivity contribution in [2.24, 2.45) is 0 Å². The first kappa shape index (κ1) is 51.7.